The first-order valence-electron chi connectivity index (χ1n) is 7.19. The van der Waals surface area contributed by atoms with Crippen molar-refractivity contribution in [2.75, 3.05) is 7.05 Å². The van der Waals surface area contributed by atoms with Crippen molar-refractivity contribution in [1.29, 1.82) is 0 Å². The maximum atomic E-state index is 4.79. The summed E-state index contributed by atoms with van der Waals surface area (Å²) in [6.07, 6.45) is 7.47. The van der Waals surface area contributed by atoms with Crippen LogP contribution in [0.4, 0.5) is 0 Å². The van der Waals surface area contributed by atoms with Crippen molar-refractivity contribution in [3.63, 3.8) is 0 Å². The Morgan fingerprint density at radius 3 is 3.00 bits per heavy atom. The molecule has 0 fully saturated rings. The molecule has 1 N–H and O–H groups in total. The molecule has 106 valence electrons. The molecule has 1 aliphatic carbocycles. The van der Waals surface area contributed by atoms with Crippen LogP contribution in [0.25, 0.3) is 0 Å². The van der Waals surface area contributed by atoms with Gasteiger partial charge in [-0.05, 0) is 33.2 Å². The second-order valence-corrected chi connectivity index (χ2v) is 6.37. The molecule has 3 rings (SSSR count). The highest BCUT2D eigenvalue weighted by Gasteiger charge is 2.19. The molecule has 0 spiro atoms. The van der Waals surface area contributed by atoms with E-state index in [0.717, 1.165) is 29.4 Å². The average molecular weight is 288 g/mol. The van der Waals surface area contributed by atoms with Gasteiger partial charge in [0.1, 0.15) is 5.82 Å². The zero-order valence-corrected chi connectivity index (χ0v) is 12.8. The van der Waals surface area contributed by atoms with E-state index >= 15 is 0 Å². The summed E-state index contributed by atoms with van der Waals surface area (Å²) in [6, 6.07) is 0.406. The molecule has 5 heteroatoms. The molecule has 0 aromatic carbocycles. The number of aromatic nitrogens is 3. The van der Waals surface area contributed by atoms with Gasteiger partial charge in [0.25, 0.3) is 0 Å². The molecule has 2 aromatic heterocycles. The quantitative estimate of drug-likeness (QED) is 0.882. The summed E-state index contributed by atoms with van der Waals surface area (Å²) in [5.74, 6) is 0.894. The van der Waals surface area contributed by atoms with Gasteiger partial charge in [0.15, 0.2) is 0 Å². The molecule has 20 heavy (non-hydrogen) atoms. The van der Waals surface area contributed by atoms with E-state index in [9.17, 15) is 0 Å². The summed E-state index contributed by atoms with van der Waals surface area (Å²) in [7, 11) is 2.02. The second-order valence-electron chi connectivity index (χ2n) is 5.31. The smallest absolute Gasteiger partial charge is 0.134 e. The highest BCUT2D eigenvalue weighted by Crippen LogP contribution is 2.27. The minimum Gasteiger partial charge on any atom is -0.313 e. The molecule has 2 heterocycles. The van der Waals surface area contributed by atoms with Crippen LogP contribution in [0.1, 0.15) is 53.1 Å². The first-order chi connectivity index (χ1) is 9.76. The Kier molecular flexibility index (Phi) is 4.08. The van der Waals surface area contributed by atoms with Crippen LogP contribution >= 0.6 is 11.3 Å². The molecular formula is C15H20N4S. The van der Waals surface area contributed by atoms with E-state index in [4.69, 9.17) is 4.98 Å². The first kappa shape index (κ1) is 13.6. The Hall–Kier alpha value is -1.33. The highest BCUT2D eigenvalue weighted by molar-refractivity contribution is 7.09. The van der Waals surface area contributed by atoms with Gasteiger partial charge < -0.3 is 5.32 Å². The Labute approximate surface area is 123 Å². The maximum absolute atomic E-state index is 4.79. The predicted octanol–water partition coefficient (Wildman–Crippen LogP) is 2.82. The zero-order valence-electron chi connectivity index (χ0n) is 12.0. The molecule has 1 unspecified atom stereocenters. The second kappa shape index (κ2) is 5.97. The third kappa shape index (κ3) is 2.88. The monoisotopic (exact) mass is 288 g/mol. The van der Waals surface area contributed by atoms with E-state index in [1.54, 1.807) is 11.3 Å². The van der Waals surface area contributed by atoms with Gasteiger partial charge in [-0.25, -0.2) is 15.0 Å². The molecule has 0 saturated heterocycles. The summed E-state index contributed by atoms with van der Waals surface area (Å²) < 4.78 is 0. The molecular weight excluding hydrogens is 268 g/mol. The predicted molar refractivity (Wildman–Crippen MR) is 81.0 cm³/mol. The van der Waals surface area contributed by atoms with Crippen LogP contribution < -0.4 is 5.32 Å². The number of nitrogens with zero attached hydrogens (tertiary/aromatic N) is 3. The van der Waals surface area contributed by atoms with E-state index < -0.39 is 0 Å². The lowest BCUT2D eigenvalue weighted by Crippen LogP contribution is -2.18. The number of hydrogen-bond donors (Lipinski definition) is 1. The third-order valence-corrected chi connectivity index (χ3v) is 4.66. The summed E-state index contributed by atoms with van der Waals surface area (Å²) in [5.41, 5.74) is 3.58. The first-order valence-corrected chi connectivity index (χ1v) is 8.07. The molecule has 2 aromatic rings. The molecule has 0 amide bonds. The van der Waals surface area contributed by atoms with Crippen molar-refractivity contribution in [1.82, 2.24) is 20.3 Å². The van der Waals surface area contributed by atoms with Crippen LogP contribution in [-0.4, -0.2) is 22.0 Å². The molecule has 1 aliphatic rings. The Bertz CT molecular complexity index is 593. The SMILES string of the molecule is CNC1CCCCc2nc(Cc3csc(C)n3)ncc21. The molecule has 0 radical (unpaired) electrons. The van der Waals surface area contributed by atoms with Gasteiger partial charge in [-0.15, -0.1) is 11.3 Å². The Morgan fingerprint density at radius 2 is 2.25 bits per heavy atom. The van der Waals surface area contributed by atoms with Crippen LogP contribution in [0.15, 0.2) is 11.6 Å². The topological polar surface area (TPSA) is 50.7 Å². The molecule has 4 nitrogen and oxygen atoms in total. The lowest BCUT2D eigenvalue weighted by molar-refractivity contribution is 0.531. The van der Waals surface area contributed by atoms with Crippen LogP contribution in [0.5, 0.6) is 0 Å². The van der Waals surface area contributed by atoms with E-state index in [2.05, 4.69) is 20.7 Å². The normalized spacial score (nSPS) is 18.6. The Balaban J connectivity index is 1.86. The molecule has 0 aliphatic heterocycles. The third-order valence-electron chi connectivity index (χ3n) is 3.84. The minimum atomic E-state index is 0.406. The standard InChI is InChI=1S/C15H20N4S/c1-10-18-11(9-20-10)7-15-17-8-12-13(16-2)5-3-4-6-14(12)19-15/h8-9,13,16H,3-7H2,1-2H3. The van der Waals surface area contributed by atoms with Crippen LogP contribution in [0.2, 0.25) is 0 Å². The zero-order chi connectivity index (χ0) is 13.9. The van der Waals surface area contributed by atoms with Gasteiger partial charge in [-0.2, -0.15) is 0 Å². The van der Waals surface area contributed by atoms with E-state index in [-0.39, 0.29) is 0 Å². The van der Waals surface area contributed by atoms with E-state index in [1.807, 2.05) is 20.2 Å². The Morgan fingerprint density at radius 1 is 1.35 bits per heavy atom. The summed E-state index contributed by atoms with van der Waals surface area (Å²) in [5, 5.41) is 6.58. The largest absolute Gasteiger partial charge is 0.313 e. The number of thiazole rings is 1. The van der Waals surface area contributed by atoms with Crippen LogP contribution in [0.3, 0.4) is 0 Å². The lowest BCUT2D eigenvalue weighted by atomic mass is 10.1. The summed E-state index contributed by atoms with van der Waals surface area (Å²) in [4.78, 5) is 13.8. The number of nitrogens with one attached hydrogen (secondary N) is 1. The summed E-state index contributed by atoms with van der Waals surface area (Å²) in [6.45, 7) is 2.03. The highest BCUT2D eigenvalue weighted by atomic mass is 32.1. The fourth-order valence-electron chi connectivity index (χ4n) is 2.79. The van der Waals surface area contributed by atoms with Crippen molar-refractivity contribution < 1.29 is 0 Å². The fraction of sp³-hybridized carbons (Fsp3) is 0.533. The molecule has 0 bridgehead atoms. The van der Waals surface area contributed by atoms with Gasteiger partial charge >= 0.3 is 0 Å². The number of hydrogen-bond acceptors (Lipinski definition) is 5. The van der Waals surface area contributed by atoms with Crippen molar-refractivity contribution in [3.8, 4) is 0 Å². The van der Waals surface area contributed by atoms with Crippen molar-refractivity contribution in [2.24, 2.45) is 0 Å². The number of fused-ring (bicyclic) bond motifs is 1. The van der Waals surface area contributed by atoms with Gasteiger partial charge in [-0.3, -0.25) is 0 Å². The number of rotatable bonds is 3. The van der Waals surface area contributed by atoms with E-state index in [1.165, 1.54) is 30.5 Å². The van der Waals surface area contributed by atoms with Gasteiger partial charge in [0.05, 0.1) is 17.1 Å². The van der Waals surface area contributed by atoms with Gasteiger partial charge in [-0.1, -0.05) is 6.42 Å². The average Bonchev–Trinajstić information content (AvgIpc) is 2.74. The molecule has 0 saturated carbocycles. The van der Waals surface area contributed by atoms with Crippen molar-refractivity contribution in [2.45, 2.75) is 45.1 Å². The number of aryl methyl sites for hydroxylation is 2. The van der Waals surface area contributed by atoms with Crippen LogP contribution in [-0.2, 0) is 12.8 Å². The van der Waals surface area contributed by atoms with E-state index in [0.29, 0.717) is 6.04 Å². The molecule has 1 atom stereocenters. The van der Waals surface area contributed by atoms with Crippen molar-refractivity contribution in [3.05, 3.63) is 39.4 Å². The fourth-order valence-corrected chi connectivity index (χ4v) is 3.40. The van der Waals surface area contributed by atoms with Crippen LogP contribution in [0, 0.1) is 6.92 Å². The minimum absolute atomic E-state index is 0.406. The van der Waals surface area contributed by atoms with Gasteiger partial charge in [0, 0.05) is 28.9 Å². The van der Waals surface area contributed by atoms with Crippen molar-refractivity contribution >= 4 is 11.3 Å². The maximum Gasteiger partial charge on any atom is 0.134 e. The van der Waals surface area contributed by atoms with Gasteiger partial charge in [0.2, 0.25) is 0 Å². The summed E-state index contributed by atoms with van der Waals surface area (Å²) >= 11 is 1.68. The lowest BCUT2D eigenvalue weighted by Gasteiger charge is -2.16.